The van der Waals surface area contributed by atoms with Crippen LogP contribution in [0.1, 0.15) is 44.1 Å². The highest BCUT2D eigenvalue weighted by molar-refractivity contribution is 5.95. The predicted octanol–water partition coefficient (Wildman–Crippen LogP) is 2.64. The van der Waals surface area contributed by atoms with Crippen molar-refractivity contribution in [1.29, 1.82) is 0 Å². The van der Waals surface area contributed by atoms with Gasteiger partial charge in [0, 0.05) is 24.2 Å². The number of methoxy groups -OCH3 is 1. The Morgan fingerprint density at radius 1 is 1.33 bits per heavy atom. The van der Waals surface area contributed by atoms with Crippen LogP contribution in [-0.2, 0) is 11.2 Å². The summed E-state index contributed by atoms with van der Waals surface area (Å²) in [7, 11) is 1.67. The van der Waals surface area contributed by atoms with Crippen LogP contribution in [-0.4, -0.2) is 25.1 Å². The van der Waals surface area contributed by atoms with Crippen molar-refractivity contribution in [1.82, 2.24) is 0 Å². The van der Waals surface area contributed by atoms with Gasteiger partial charge in [-0.25, -0.2) is 0 Å². The Bertz CT molecular complexity index is 536. The number of fused-ring (bicyclic) bond motifs is 1. The molecule has 1 aliphatic heterocycles. The van der Waals surface area contributed by atoms with Gasteiger partial charge in [-0.05, 0) is 49.4 Å². The highest BCUT2D eigenvalue weighted by atomic mass is 16.5. The van der Waals surface area contributed by atoms with Crippen molar-refractivity contribution in [3.63, 3.8) is 0 Å². The molecule has 2 aliphatic rings. The highest BCUT2D eigenvalue weighted by Crippen LogP contribution is 2.34. The van der Waals surface area contributed by atoms with E-state index in [2.05, 4.69) is 0 Å². The Morgan fingerprint density at radius 2 is 2.10 bits per heavy atom. The fourth-order valence-corrected chi connectivity index (χ4v) is 3.61. The number of hydrogen-bond acceptors (Lipinski definition) is 3. The van der Waals surface area contributed by atoms with E-state index in [4.69, 9.17) is 10.5 Å². The Balaban J connectivity index is 1.79. The number of carbonyl (C=O) groups excluding carboxylic acids is 1. The van der Waals surface area contributed by atoms with Crippen molar-refractivity contribution in [2.75, 3.05) is 18.6 Å². The summed E-state index contributed by atoms with van der Waals surface area (Å²) in [5, 5.41) is 0. The number of nitrogens with zero attached hydrogens (tertiary/aromatic N) is 1. The first kappa shape index (κ1) is 14.4. The second kappa shape index (κ2) is 5.68. The van der Waals surface area contributed by atoms with Gasteiger partial charge in [0.25, 0.3) is 0 Å². The first-order valence-corrected chi connectivity index (χ1v) is 7.87. The van der Waals surface area contributed by atoms with Crippen LogP contribution in [0.4, 0.5) is 5.69 Å². The van der Waals surface area contributed by atoms with Crippen molar-refractivity contribution in [2.24, 2.45) is 5.73 Å². The van der Waals surface area contributed by atoms with Gasteiger partial charge in [0.15, 0.2) is 0 Å². The molecule has 1 amide bonds. The lowest BCUT2D eigenvalue weighted by atomic mass is 9.93. The van der Waals surface area contributed by atoms with E-state index in [1.807, 2.05) is 23.1 Å². The summed E-state index contributed by atoms with van der Waals surface area (Å²) in [4.78, 5) is 14.6. The van der Waals surface area contributed by atoms with E-state index >= 15 is 0 Å². The zero-order chi connectivity index (χ0) is 14.9. The van der Waals surface area contributed by atoms with E-state index in [1.54, 1.807) is 7.11 Å². The maximum absolute atomic E-state index is 12.7. The van der Waals surface area contributed by atoms with Crippen LogP contribution >= 0.6 is 0 Å². The standard InChI is InChI=1S/C17H24N2O2/c1-21-14-6-7-15-13(11-14)5-4-10-19(15)16(20)12-17(18)8-2-3-9-17/h6-7,11H,2-5,8-10,12,18H2,1H3. The van der Waals surface area contributed by atoms with E-state index in [-0.39, 0.29) is 11.4 Å². The molecule has 1 aromatic rings. The number of carbonyl (C=O) groups is 1. The lowest BCUT2D eigenvalue weighted by Gasteiger charge is -2.33. The third-order valence-corrected chi connectivity index (χ3v) is 4.81. The zero-order valence-corrected chi connectivity index (χ0v) is 12.7. The van der Waals surface area contributed by atoms with E-state index in [0.717, 1.165) is 56.5 Å². The molecule has 4 nitrogen and oxygen atoms in total. The van der Waals surface area contributed by atoms with Crippen LogP contribution in [0.3, 0.4) is 0 Å². The Morgan fingerprint density at radius 3 is 2.81 bits per heavy atom. The smallest absolute Gasteiger partial charge is 0.228 e. The topological polar surface area (TPSA) is 55.6 Å². The summed E-state index contributed by atoms with van der Waals surface area (Å²) >= 11 is 0. The van der Waals surface area contributed by atoms with Crippen LogP contribution in [0.5, 0.6) is 5.75 Å². The molecule has 0 aromatic heterocycles. The fourth-order valence-electron chi connectivity index (χ4n) is 3.61. The van der Waals surface area contributed by atoms with Crippen molar-refractivity contribution in [2.45, 2.75) is 50.5 Å². The second-order valence-electron chi connectivity index (χ2n) is 6.39. The fraction of sp³-hybridized carbons (Fsp3) is 0.588. The predicted molar refractivity (Wildman–Crippen MR) is 83.7 cm³/mol. The second-order valence-corrected chi connectivity index (χ2v) is 6.39. The van der Waals surface area contributed by atoms with Gasteiger partial charge in [-0.3, -0.25) is 4.79 Å². The first-order chi connectivity index (χ1) is 10.1. The van der Waals surface area contributed by atoms with Gasteiger partial charge in [-0.2, -0.15) is 0 Å². The Hall–Kier alpha value is -1.55. The van der Waals surface area contributed by atoms with Crippen LogP contribution < -0.4 is 15.4 Å². The van der Waals surface area contributed by atoms with E-state index in [9.17, 15) is 4.79 Å². The molecule has 0 unspecified atom stereocenters. The molecule has 0 saturated heterocycles. The van der Waals surface area contributed by atoms with Gasteiger partial charge < -0.3 is 15.4 Å². The number of hydrogen-bond donors (Lipinski definition) is 1. The normalized spacial score (nSPS) is 20.2. The van der Waals surface area contributed by atoms with Crippen molar-refractivity contribution >= 4 is 11.6 Å². The average Bonchev–Trinajstić information content (AvgIpc) is 2.92. The zero-order valence-electron chi connectivity index (χ0n) is 12.7. The molecule has 1 fully saturated rings. The summed E-state index contributed by atoms with van der Waals surface area (Å²) in [6.07, 6.45) is 6.73. The molecule has 0 bridgehead atoms. The number of benzene rings is 1. The van der Waals surface area contributed by atoms with Gasteiger partial charge in [0.05, 0.1) is 7.11 Å². The minimum Gasteiger partial charge on any atom is -0.497 e. The van der Waals surface area contributed by atoms with Gasteiger partial charge in [-0.15, -0.1) is 0 Å². The molecule has 1 aliphatic carbocycles. The van der Waals surface area contributed by atoms with Crippen molar-refractivity contribution in [3.8, 4) is 5.75 Å². The molecule has 0 radical (unpaired) electrons. The molecular formula is C17H24N2O2. The van der Waals surface area contributed by atoms with Gasteiger partial charge >= 0.3 is 0 Å². The SMILES string of the molecule is COc1ccc2c(c1)CCCN2C(=O)CC1(N)CCCC1. The number of ether oxygens (including phenoxy) is 1. The molecule has 4 heteroatoms. The monoisotopic (exact) mass is 288 g/mol. The molecule has 0 spiro atoms. The lowest BCUT2D eigenvalue weighted by molar-refractivity contribution is -0.119. The van der Waals surface area contributed by atoms with Gasteiger partial charge in [0.1, 0.15) is 5.75 Å². The van der Waals surface area contributed by atoms with E-state index in [0.29, 0.717) is 6.42 Å². The number of nitrogens with two attached hydrogens (primary N) is 1. The number of aryl methyl sites for hydroxylation is 1. The Kier molecular flexibility index (Phi) is 3.89. The minimum atomic E-state index is -0.277. The summed E-state index contributed by atoms with van der Waals surface area (Å²) in [6.45, 7) is 0.800. The minimum absolute atomic E-state index is 0.172. The number of amides is 1. The van der Waals surface area contributed by atoms with Crippen LogP contribution in [0.15, 0.2) is 18.2 Å². The summed E-state index contributed by atoms with van der Waals surface area (Å²) < 4.78 is 5.28. The lowest BCUT2D eigenvalue weighted by Crippen LogP contribution is -2.45. The molecule has 1 aromatic carbocycles. The number of rotatable bonds is 3. The van der Waals surface area contributed by atoms with Crippen molar-refractivity contribution in [3.05, 3.63) is 23.8 Å². The van der Waals surface area contributed by atoms with Crippen LogP contribution in [0.2, 0.25) is 0 Å². The van der Waals surface area contributed by atoms with Crippen LogP contribution in [0.25, 0.3) is 0 Å². The summed E-state index contributed by atoms with van der Waals surface area (Å²) in [5.41, 5.74) is 8.32. The maximum Gasteiger partial charge on any atom is 0.228 e. The third-order valence-electron chi connectivity index (χ3n) is 4.81. The quantitative estimate of drug-likeness (QED) is 0.930. The molecule has 114 valence electrons. The molecule has 3 rings (SSSR count). The van der Waals surface area contributed by atoms with E-state index < -0.39 is 0 Å². The first-order valence-electron chi connectivity index (χ1n) is 7.87. The maximum atomic E-state index is 12.7. The largest absolute Gasteiger partial charge is 0.497 e. The molecule has 21 heavy (non-hydrogen) atoms. The summed E-state index contributed by atoms with van der Waals surface area (Å²) in [6, 6.07) is 5.98. The average molecular weight is 288 g/mol. The molecule has 1 saturated carbocycles. The molecule has 0 atom stereocenters. The summed E-state index contributed by atoms with van der Waals surface area (Å²) in [5.74, 6) is 1.03. The number of anilines is 1. The van der Waals surface area contributed by atoms with Gasteiger partial charge in [0.2, 0.25) is 5.91 Å². The highest BCUT2D eigenvalue weighted by Gasteiger charge is 2.34. The third kappa shape index (κ3) is 2.91. The molecule has 2 N–H and O–H groups in total. The van der Waals surface area contributed by atoms with E-state index in [1.165, 1.54) is 5.56 Å². The van der Waals surface area contributed by atoms with Gasteiger partial charge in [-0.1, -0.05) is 12.8 Å². The van der Waals surface area contributed by atoms with Crippen LogP contribution in [0, 0.1) is 0 Å². The Labute approximate surface area is 126 Å². The van der Waals surface area contributed by atoms with Crippen molar-refractivity contribution < 1.29 is 9.53 Å². The molecule has 1 heterocycles. The molecular weight excluding hydrogens is 264 g/mol.